The lowest BCUT2D eigenvalue weighted by molar-refractivity contribution is 0.220. The van der Waals surface area contributed by atoms with Gasteiger partial charge < -0.3 is 15.4 Å². The van der Waals surface area contributed by atoms with Crippen LogP contribution in [0.3, 0.4) is 0 Å². The van der Waals surface area contributed by atoms with Crippen LogP contribution in [0.25, 0.3) is 11.4 Å². The summed E-state index contributed by atoms with van der Waals surface area (Å²) in [5.41, 5.74) is 1.38. The van der Waals surface area contributed by atoms with E-state index < -0.39 is 0 Å². The fraction of sp³-hybridized carbons (Fsp3) is 0.471. The lowest BCUT2D eigenvalue weighted by atomic mass is 9.90. The number of aliphatic hydroxyl groups is 1. The molecule has 6 nitrogen and oxygen atoms in total. The molecule has 0 atom stereocenters. The molecule has 2 aromatic heterocycles. The van der Waals surface area contributed by atoms with E-state index in [-0.39, 0.29) is 17.6 Å². The Morgan fingerprint density at radius 1 is 1.35 bits per heavy atom. The number of aromatic nitrogens is 3. The van der Waals surface area contributed by atoms with Gasteiger partial charge in [-0.25, -0.2) is 9.97 Å². The first-order valence-corrected chi connectivity index (χ1v) is 7.85. The highest BCUT2D eigenvalue weighted by molar-refractivity contribution is 5.55. The van der Waals surface area contributed by atoms with Crippen molar-refractivity contribution in [3.05, 3.63) is 40.4 Å². The number of aliphatic hydroxyl groups excluding tert-OH is 1. The minimum atomic E-state index is -0.153. The number of aryl methyl sites for hydroxylation is 1. The average molecular weight is 316 g/mol. The Labute approximate surface area is 136 Å². The highest BCUT2D eigenvalue weighted by atomic mass is 16.3. The molecule has 0 aromatic carbocycles. The summed E-state index contributed by atoms with van der Waals surface area (Å²) < 4.78 is 0. The van der Waals surface area contributed by atoms with E-state index in [4.69, 9.17) is 5.11 Å². The zero-order chi connectivity index (χ0) is 16.9. The first-order chi connectivity index (χ1) is 10.9. The van der Waals surface area contributed by atoms with E-state index in [0.29, 0.717) is 12.2 Å². The molecule has 0 saturated heterocycles. The van der Waals surface area contributed by atoms with Gasteiger partial charge in [-0.2, -0.15) is 0 Å². The van der Waals surface area contributed by atoms with Crippen LogP contribution in [0.4, 0.5) is 5.82 Å². The van der Waals surface area contributed by atoms with Crippen molar-refractivity contribution in [1.29, 1.82) is 0 Å². The van der Waals surface area contributed by atoms with E-state index in [9.17, 15) is 4.79 Å². The SMILES string of the molecule is CCc1cc(=O)[nH]c(-c2ccc(NCC(C)(C)CCO)nc2)n1. The first kappa shape index (κ1) is 17.1. The van der Waals surface area contributed by atoms with Gasteiger partial charge >= 0.3 is 0 Å². The zero-order valence-electron chi connectivity index (χ0n) is 13.9. The van der Waals surface area contributed by atoms with Crippen LogP contribution < -0.4 is 10.9 Å². The number of anilines is 1. The standard InChI is InChI=1S/C17H24N4O2/c1-4-13-9-15(23)21-16(20-13)12-5-6-14(18-10-12)19-11-17(2,3)7-8-22/h5-6,9-10,22H,4,7-8,11H2,1-3H3,(H,18,19)(H,20,21,23). The van der Waals surface area contributed by atoms with Crippen molar-refractivity contribution in [2.75, 3.05) is 18.5 Å². The molecule has 3 N–H and O–H groups in total. The van der Waals surface area contributed by atoms with Gasteiger partial charge in [0.25, 0.3) is 5.56 Å². The van der Waals surface area contributed by atoms with Gasteiger partial charge in [-0.1, -0.05) is 20.8 Å². The van der Waals surface area contributed by atoms with Gasteiger partial charge in [-0.15, -0.1) is 0 Å². The predicted octanol–water partition coefficient (Wildman–Crippen LogP) is 2.21. The number of hydrogen-bond donors (Lipinski definition) is 3. The van der Waals surface area contributed by atoms with Gasteiger partial charge in [0.15, 0.2) is 0 Å². The molecule has 0 aliphatic rings. The van der Waals surface area contributed by atoms with Gasteiger partial charge in [0.1, 0.15) is 11.6 Å². The predicted molar refractivity (Wildman–Crippen MR) is 91.4 cm³/mol. The fourth-order valence-electron chi connectivity index (χ4n) is 2.19. The van der Waals surface area contributed by atoms with Crippen LogP contribution in [0.5, 0.6) is 0 Å². The zero-order valence-corrected chi connectivity index (χ0v) is 13.9. The van der Waals surface area contributed by atoms with E-state index >= 15 is 0 Å². The van der Waals surface area contributed by atoms with Gasteiger partial charge in [-0.05, 0) is 30.4 Å². The maximum absolute atomic E-state index is 11.6. The van der Waals surface area contributed by atoms with Crippen molar-refractivity contribution in [3.8, 4) is 11.4 Å². The number of hydrogen-bond acceptors (Lipinski definition) is 5. The molecule has 0 aliphatic carbocycles. The maximum atomic E-state index is 11.6. The van der Waals surface area contributed by atoms with Crippen LogP contribution in [0.15, 0.2) is 29.2 Å². The molecule has 124 valence electrons. The molecule has 0 unspecified atom stereocenters. The summed E-state index contributed by atoms with van der Waals surface area (Å²) in [6.45, 7) is 7.05. The smallest absolute Gasteiger partial charge is 0.251 e. The topological polar surface area (TPSA) is 90.9 Å². The highest BCUT2D eigenvalue weighted by Crippen LogP contribution is 2.21. The monoisotopic (exact) mass is 316 g/mol. The average Bonchev–Trinajstić information content (AvgIpc) is 2.53. The molecule has 0 fully saturated rings. The van der Waals surface area contributed by atoms with Crippen LogP contribution in [0.2, 0.25) is 0 Å². The van der Waals surface area contributed by atoms with E-state index in [2.05, 4.69) is 34.1 Å². The third-order valence-electron chi connectivity index (χ3n) is 3.73. The molecule has 2 aromatic rings. The molecule has 6 heteroatoms. The number of nitrogens with zero attached hydrogens (tertiary/aromatic N) is 2. The molecule has 0 aliphatic heterocycles. The lowest BCUT2D eigenvalue weighted by Gasteiger charge is -2.24. The molecule has 23 heavy (non-hydrogen) atoms. The van der Waals surface area contributed by atoms with Crippen molar-refractivity contribution < 1.29 is 5.11 Å². The maximum Gasteiger partial charge on any atom is 0.251 e. The van der Waals surface area contributed by atoms with E-state index in [1.807, 2.05) is 19.1 Å². The van der Waals surface area contributed by atoms with Crippen LogP contribution >= 0.6 is 0 Å². The second-order valence-electron chi connectivity index (χ2n) is 6.36. The Morgan fingerprint density at radius 3 is 2.74 bits per heavy atom. The number of rotatable bonds is 7. The minimum absolute atomic E-state index is 0.00263. The summed E-state index contributed by atoms with van der Waals surface area (Å²) in [4.78, 5) is 23.2. The van der Waals surface area contributed by atoms with E-state index in [1.54, 1.807) is 6.20 Å². The molecule has 0 radical (unpaired) electrons. The second kappa shape index (κ2) is 7.37. The summed E-state index contributed by atoms with van der Waals surface area (Å²) >= 11 is 0. The van der Waals surface area contributed by atoms with Crippen molar-refractivity contribution >= 4 is 5.82 Å². The van der Waals surface area contributed by atoms with Crippen LogP contribution in [-0.2, 0) is 6.42 Å². The van der Waals surface area contributed by atoms with Gasteiger partial charge in [0, 0.05) is 36.7 Å². The molecule has 2 rings (SSSR count). The van der Waals surface area contributed by atoms with Gasteiger partial charge in [-0.3, -0.25) is 4.79 Å². The Morgan fingerprint density at radius 2 is 2.13 bits per heavy atom. The highest BCUT2D eigenvalue weighted by Gasteiger charge is 2.16. The largest absolute Gasteiger partial charge is 0.396 e. The van der Waals surface area contributed by atoms with Crippen molar-refractivity contribution in [2.45, 2.75) is 33.6 Å². The molecule has 0 amide bonds. The first-order valence-electron chi connectivity index (χ1n) is 7.85. The molecule has 0 saturated carbocycles. The summed E-state index contributed by atoms with van der Waals surface area (Å²) in [6.07, 6.45) is 3.13. The minimum Gasteiger partial charge on any atom is -0.396 e. The van der Waals surface area contributed by atoms with Crippen LogP contribution in [-0.4, -0.2) is 33.2 Å². The number of nitrogens with one attached hydrogen (secondary N) is 2. The summed E-state index contributed by atoms with van der Waals surface area (Å²) in [7, 11) is 0. The van der Waals surface area contributed by atoms with Crippen LogP contribution in [0, 0.1) is 5.41 Å². The Hall–Kier alpha value is -2.21. The van der Waals surface area contributed by atoms with E-state index in [1.165, 1.54) is 6.07 Å². The number of aromatic amines is 1. The van der Waals surface area contributed by atoms with Crippen molar-refractivity contribution in [1.82, 2.24) is 15.0 Å². The van der Waals surface area contributed by atoms with Gasteiger partial charge in [0.05, 0.1) is 0 Å². The van der Waals surface area contributed by atoms with E-state index in [0.717, 1.165) is 30.0 Å². The van der Waals surface area contributed by atoms with Crippen molar-refractivity contribution in [3.63, 3.8) is 0 Å². The molecule has 0 bridgehead atoms. The summed E-state index contributed by atoms with van der Waals surface area (Å²) in [5, 5.41) is 12.3. The number of pyridine rings is 1. The second-order valence-corrected chi connectivity index (χ2v) is 6.36. The van der Waals surface area contributed by atoms with Crippen LogP contribution in [0.1, 0.15) is 32.9 Å². The van der Waals surface area contributed by atoms with Gasteiger partial charge in [0.2, 0.25) is 0 Å². The summed E-state index contributed by atoms with van der Waals surface area (Å²) in [6, 6.07) is 5.26. The Kier molecular flexibility index (Phi) is 5.50. The number of H-pyrrole nitrogens is 1. The third kappa shape index (κ3) is 4.89. The normalized spacial score (nSPS) is 11.5. The molecule has 0 spiro atoms. The fourth-order valence-corrected chi connectivity index (χ4v) is 2.19. The van der Waals surface area contributed by atoms with Crippen molar-refractivity contribution in [2.24, 2.45) is 5.41 Å². The summed E-state index contributed by atoms with van der Waals surface area (Å²) in [5.74, 6) is 1.29. The molecular weight excluding hydrogens is 292 g/mol. The third-order valence-corrected chi connectivity index (χ3v) is 3.73. The Bertz CT molecular complexity index is 692. The molecular formula is C17H24N4O2. The quantitative estimate of drug-likeness (QED) is 0.728. The Balaban J connectivity index is 2.11. The molecule has 2 heterocycles. The lowest BCUT2D eigenvalue weighted by Crippen LogP contribution is -2.24.